The second-order valence-electron chi connectivity index (χ2n) is 6.06. The average molecular weight is 352 g/mol. The summed E-state index contributed by atoms with van der Waals surface area (Å²) in [6.07, 6.45) is 5.27. The van der Waals surface area contributed by atoms with Gasteiger partial charge in [0.1, 0.15) is 5.82 Å². The monoisotopic (exact) mass is 352 g/mol. The Morgan fingerprint density at radius 3 is 2.92 bits per heavy atom. The average Bonchev–Trinajstić information content (AvgIpc) is 3.25. The number of hydrogen-bond donors (Lipinski definition) is 2. The zero-order chi connectivity index (χ0) is 18.1. The van der Waals surface area contributed by atoms with Gasteiger partial charge in [-0.1, -0.05) is 12.1 Å². The number of aryl methyl sites for hydroxylation is 1. The third kappa shape index (κ3) is 3.14. The van der Waals surface area contributed by atoms with Gasteiger partial charge in [0.15, 0.2) is 5.65 Å². The lowest BCUT2D eigenvalue weighted by molar-refractivity contribution is 0.582. The minimum absolute atomic E-state index is 0.180. The number of benzene rings is 1. The lowest BCUT2D eigenvalue weighted by Gasteiger charge is -2.18. The van der Waals surface area contributed by atoms with Crippen LogP contribution in [0.15, 0.2) is 59.8 Å². The van der Waals surface area contributed by atoms with Gasteiger partial charge in [0.25, 0.3) is 5.56 Å². The second kappa shape index (κ2) is 6.57. The zero-order valence-electron chi connectivity index (χ0n) is 14.1. The molecule has 0 saturated heterocycles. The maximum Gasteiger partial charge on any atom is 0.272 e. The van der Waals surface area contributed by atoms with Gasteiger partial charge in [-0.25, -0.2) is 13.9 Å². The Hall–Kier alpha value is -3.26. The van der Waals surface area contributed by atoms with Crippen molar-refractivity contribution in [2.45, 2.75) is 12.6 Å². The van der Waals surface area contributed by atoms with Gasteiger partial charge in [-0.2, -0.15) is 5.10 Å². The van der Waals surface area contributed by atoms with Gasteiger partial charge in [-0.3, -0.25) is 14.6 Å². The van der Waals surface area contributed by atoms with Crippen molar-refractivity contribution in [3.63, 3.8) is 0 Å². The van der Waals surface area contributed by atoms with Crippen LogP contribution in [0.3, 0.4) is 0 Å². The van der Waals surface area contributed by atoms with Crippen LogP contribution in [0, 0.1) is 5.82 Å². The third-order valence-electron chi connectivity index (χ3n) is 4.16. The number of aromatic amines is 1. The van der Waals surface area contributed by atoms with E-state index in [-0.39, 0.29) is 17.4 Å². The molecule has 3 aromatic heterocycles. The Morgan fingerprint density at radius 1 is 1.27 bits per heavy atom. The quantitative estimate of drug-likeness (QED) is 0.574. The molecule has 0 radical (unpaired) electrons. The molecule has 1 unspecified atom stereocenters. The molecule has 0 fully saturated rings. The first-order chi connectivity index (χ1) is 12.6. The lowest BCUT2D eigenvalue weighted by atomic mass is 10.0. The predicted octanol–water partition coefficient (Wildman–Crippen LogP) is 1.77. The molecule has 26 heavy (non-hydrogen) atoms. The van der Waals surface area contributed by atoms with Crippen LogP contribution in [0.2, 0.25) is 0 Å². The molecule has 0 aliphatic carbocycles. The lowest BCUT2D eigenvalue weighted by Crippen LogP contribution is -2.24. The molecular formula is C18H17FN6O. The molecule has 3 heterocycles. The summed E-state index contributed by atoms with van der Waals surface area (Å²) in [4.78, 5) is 16.5. The maximum atomic E-state index is 13.7. The summed E-state index contributed by atoms with van der Waals surface area (Å²) < 4.78 is 16.8. The van der Waals surface area contributed by atoms with E-state index in [4.69, 9.17) is 0 Å². The number of aromatic nitrogens is 5. The molecular weight excluding hydrogens is 335 g/mol. The number of nitrogens with zero attached hydrogens (tertiary/aromatic N) is 4. The fraction of sp³-hybridized carbons (Fsp3) is 0.167. The number of halogens is 1. The molecule has 1 atom stereocenters. The molecule has 4 aromatic rings. The molecule has 0 aliphatic heterocycles. The highest BCUT2D eigenvalue weighted by Crippen LogP contribution is 2.22. The van der Waals surface area contributed by atoms with E-state index < -0.39 is 0 Å². The first-order valence-electron chi connectivity index (χ1n) is 8.13. The van der Waals surface area contributed by atoms with E-state index in [0.29, 0.717) is 17.9 Å². The number of H-pyrrole nitrogens is 1. The Morgan fingerprint density at radius 2 is 2.15 bits per heavy atom. The van der Waals surface area contributed by atoms with Crippen molar-refractivity contribution in [3.8, 4) is 0 Å². The number of hydrogen-bond acceptors (Lipinski definition) is 4. The molecule has 0 bridgehead atoms. The van der Waals surface area contributed by atoms with Crippen LogP contribution in [0.5, 0.6) is 0 Å². The number of rotatable bonds is 5. The van der Waals surface area contributed by atoms with Crippen LogP contribution in [0.1, 0.15) is 22.9 Å². The van der Waals surface area contributed by atoms with Crippen LogP contribution in [0.4, 0.5) is 4.39 Å². The third-order valence-corrected chi connectivity index (χ3v) is 4.16. The first kappa shape index (κ1) is 16.2. The van der Waals surface area contributed by atoms with E-state index >= 15 is 0 Å². The highest BCUT2D eigenvalue weighted by molar-refractivity contribution is 5.36. The Labute approximate surface area is 148 Å². The summed E-state index contributed by atoms with van der Waals surface area (Å²) in [5.41, 5.74) is 2.66. The minimum Gasteiger partial charge on any atom is -0.300 e. The summed E-state index contributed by atoms with van der Waals surface area (Å²) >= 11 is 0. The molecule has 0 saturated carbocycles. The second-order valence-corrected chi connectivity index (χ2v) is 6.06. The molecule has 4 rings (SSSR count). The first-order valence-corrected chi connectivity index (χ1v) is 8.13. The fourth-order valence-electron chi connectivity index (χ4n) is 2.98. The van der Waals surface area contributed by atoms with Crippen LogP contribution >= 0.6 is 0 Å². The van der Waals surface area contributed by atoms with E-state index in [1.165, 1.54) is 22.7 Å². The molecule has 0 spiro atoms. The van der Waals surface area contributed by atoms with Crippen LogP contribution in [0.25, 0.3) is 5.65 Å². The Bertz CT molecular complexity index is 1110. The van der Waals surface area contributed by atoms with Crippen molar-refractivity contribution in [1.82, 2.24) is 29.7 Å². The van der Waals surface area contributed by atoms with Gasteiger partial charge < -0.3 is 5.32 Å². The van der Waals surface area contributed by atoms with E-state index in [1.807, 2.05) is 19.3 Å². The maximum absolute atomic E-state index is 13.7. The SMILES string of the molecule is Cn1cc(C(NCc2cc(=O)n3[nH]ccc3n2)c2cccc(F)c2)cn1. The van der Waals surface area contributed by atoms with Crippen LogP contribution in [-0.4, -0.2) is 24.4 Å². The van der Waals surface area contributed by atoms with Crippen molar-refractivity contribution >= 4 is 5.65 Å². The van der Waals surface area contributed by atoms with E-state index in [9.17, 15) is 9.18 Å². The Kier molecular flexibility index (Phi) is 4.10. The highest BCUT2D eigenvalue weighted by Gasteiger charge is 2.17. The molecule has 0 aliphatic rings. The molecule has 132 valence electrons. The van der Waals surface area contributed by atoms with Crippen molar-refractivity contribution in [1.29, 1.82) is 0 Å². The van der Waals surface area contributed by atoms with Gasteiger partial charge in [-0.15, -0.1) is 0 Å². The van der Waals surface area contributed by atoms with Gasteiger partial charge in [0.2, 0.25) is 0 Å². The predicted molar refractivity (Wildman–Crippen MR) is 94.1 cm³/mol. The summed E-state index contributed by atoms with van der Waals surface area (Å²) in [5.74, 6) is -0.302. The minimum atomic E-state index is -0.302. The number of nitrogens with one attached hydrogen (secondary N) is 2. The summed E-state index contributed by atoms with van der Waals surface area (Å²) in [6.45, 7) is 0.354. The van der Waals surface area contributed by atoms with Crippen LogP contribution in [-0.2, 0) is 13.6 Å². The molecule has 1 aromatic carbocycles. The highest BCUT2D eigenvalue weighted by atomic mass is 19.1. The van der Waals surface area contributed by atoms with Crippen molar-refractivity contribution in [3.05, 3.63) is 88.0 Å². The summed E-state index contributed by atoms with van der Waals surface area (Å²) in [5, 5.41) is 10.4. The molecule has 2 N–H and O–H groups in total. The van der Waals surface area contributed by atoms with E-state index in [1.54, 1.807) is 29.2 Å². The van der Waals surface area contributed by atoms with E-state index in [0.717, 1.165) is 11.1 Å². The fourth-order valence-corrected chi connectivity index (χ4v) is 2.98. The van der Waals surface area contributed by atoms with Crippen molar-refractivity contribution in [2.75, 3.05) is 0 Å². The van der Waals surface area contributed by atoms with Gasteiger partial charge in [0.05, 0.1) is 17.9 Å². The molecule has 0 amide bonds. The Balaban J connectivity index is 1.65. The van der Waals surface area contributed by atoms with Crippen LogP contribution < -0.4 is 10.9 Å². The normalized spacial score (nSPS) is 12.5. The van der Waals surface area contributed by atoms with Gasteiger partial charge >= 0.3 is 0 Å². The summed E-state index contributed by atoms with van der Waals surface area (Å²) in [6, 6.07) is 9.36. The van der Waals surface area contributed by atoms with E-state index in [2.05, 4.69) is 20.5 Å². The number of fused-ring (bicyclic) bond motifs is 1. The smallest absolute Gasteiger partial charge is 0.272 e. The molecule has 8 heteroatoms. The van der Waals surface area contributed by atoms with Crippen molar-refractivity contribution < 1.29 is 4.39 Å². The van der Waals surface area contributed by atoms with Gasteiger partial charge in [0, 0.05) is 43.7 Å². The largest absolute Gasteiger partial charge is 0.300 e. The van der Waals surface area contributed by atoms with Crippen molar-refractivity contribution in [2.24, 2.45) is 7.05 Å². The zero-order valence-corrected chi connectivity index (χ0v) is 14.1. The molecule has 7 nitrogen and oxygen atoms in total. The van der Waals surface area contributed by atoms with Gasteiger partial charge in [-0.05, 0) is 17.7 Å². The summed E-state index contributed by atoms with van der Waals surface area (Å²) in [7, 11) is 1.83. The standard InChI is InChI=1S/C18H17FN6O/c1-24-11-13(9-22-24)18(12-3-2-4-14(19)7-12)20-10-15-8-17(26)25-16(23-15)5-6-21-25/h2-9,11,18,20-21H,10H2,1H3. The topological polar surface area (TPSA) is 80.0 Å².